The Morgan fingerprint density at radius 2 is 2.11 bits per heavy atom. The summed E-state index contributed by atoms with van der Waals surface area (Å²) in [5.41, 5.74) is 5.75. The molecular weight excluding hydrogens is 244 g/mol. The van der Waals surface area contributed by atoms with E-state index in [4.69, 9.17) is 10.3 Å². The first kappa shape index (κ1) is 13.3. The van der Waals surface area contributed by atoms with Crippen molar-refractivity contribution in [3.63, 3.8) is 0 Å². The molecule has 7 nitrogen and oxygen atoms in total. The number of hydrogen-bond donors (Lipinski definition) is 2. The zero-order chi connectivity index (χ0) is 13.8. The summed E-state index contributed by atoms with van der Waals surface area (Å²) in [5, 5.41) is 6.91. The summed E-state index contributed by atoms with van der Waals surface area (Å²) in [7, 11) is 0. The van der Waals surface area contributed by atoms with Crippen LogP contribution in [0.15, 0.2) is 10.6 Å². The Labute approximate surface area is 111 Å². The molecule has 19 heavy (non-hydrogen) atoms. The molecule has 7 heteroatoms. The van der Waals surface area contributed by atoms with Gasteiger partial charge in [0.05, 0.1) is 0 Å². The molecule has 0 bridgehead atoms. The molecule has 2 rings (SSSR count). The Balaban J connectivity index is 1.95. The fourth-order valence-electron chi connectivity index (χ4n) is 1.57. The van der Waals surface area contributed by atoms with Crippen LogP contribution in [0.5, 0.6) is 0 Å². The molecular formula is C12H18N6O. The Hall–Kier alpha value is -2.18. The highest BCUT2D eigenvalue weighted by molar-refractivity contribution is 5.44. The van der Waals surface area contributed by atoms with E-state index in [1.807, 2.05) is 13.8 Å². The van der Waals surface area contributed by atoms with Gasteiger partial charge in [0, 0.05) is 24.9 Å². The molecule has 0 aliphatic heterocycles. The summed E-state index contributed by atoms with van der Waals surface area (Å²) < 4.78 is 5.03. The van der Waals surface area contributed by atoms with E-state index in [1.165, 1.54) is 0 Å². The Bertz CT molecular complexity index is 551. The molecule has 2 aromatic heterocycles. The van der Waals surface area contributed by atoms with Crippen LogP contribution in [0.2, 0.25) is 0 Å². The van der Waals surface area contributed by atoms with Crippen molar-refractivity contribution in [1.82, 2.24) is 20.1 Å². The molecule has 0 aliphatic rings. The van der Waals surface area contributed by atoms with Gasteiger partial charge < -0.3 is 15.6 Å². The van der Waals surface area contributed by atoms with Crippen molar-refractivity contribution >= 4 is 11.6 Å². The molecule has 3 N–H and O–H groups in total. The highest BCUT2D eigenvalue weighted by atomic mass is 16.5. The second kappa shape index (κ2) is 5.64. The smallest absolute Gasteiger partial charge is 0.228 e. The van der Waals surface area contributed by atoms with Crippen LogP contribution in [0, 0.1) is 6.92 Å². The second-order valence-electron chi connectivity index (χ2n) is 4.60. The number of hydrogen-bond acceptors (Lipinski definition) is 7. The molecule has 0 fully saturated rings. The van der Waals surface area contributed by atoms with E-state index in [0.717, 1.165) is 5.82 Å². The summed E-state index contributed by atoms with van der Waals surface area (Å²) in [4.78, 5) is 12.7. The summed E-state index contributed by atoms with van der Waals surface area (Å²) in [6.07, 6.45) is 0.641. The first-order valence-electron chi connectivity index (χ1n) is 6.22. The maximum atomic E-state index is 5.75. The molecule has 0 amide bonds. The van der Waals surface area contributed by atoms with Crippen molar-refractivity contribution in [2.24, 2.45) is 0 Å². The van der Waals surface area contributed by atoms with Crippen molar-refractivity contribution in [2.75, 3.05) is 17.6 Å². The lowest BCUT2D eigenvalue weighted by Gasteiger charge is -2.09. The van der Waals surface area contributed by atoms with Crippen LogP contribution in [0.25, 0.3) is 0 Å². The first-order valence-corrected chi connectivity index (χ1v) is 6.22. The van der Waals surface area contributed by atoms with Gasteiger partial charge in [0.25, 0.3) is 0 Å². The Morgan fingerprint density at radius 3 is 2.74 bits per heavy atom. The molecule has 0 aromatic carbocycles. The molecule has 2 aromatic rings. The molecule has 0 atom stereocenters. The third kappa shape index (κ3) is 3.64. The minimum atomic E-state index is 0.239. The van der Waals surface area contributed by atoms with E-state index in [0.29, 0.717) is 36.3 Å². The molecule has 0 saturated heterocycles. The number of aromatic nitrogens is 4. The second-order valence-corrected chi connectivity index (χ2v) is 4.60. The van der Waals surface area contributed by atoms with Crippen molar-refractivity contribution in [1.29, 1.82) is 0 Å². The maximum absolute atomic E-state index is 5.75. The monoisotopic (exact) mass is 262 g/mol. The highest BCUT2D eigenvalue weighted by Gasteiger charge is 2.07. The summed E-state index contributed by atoms with van der Waals surface area (Å²) >= 11 is 0. The average Bonchev–Trinajstić information content (AvgIpc) is 2.74. The van der Waals surface area contributed by atoms with Crippen LogP contribution in [-0.4, -0.2) is 26.7 Å². The maximum Gasteiger partial charge on any atom is 0.228 e. The zero-order valence-electron chi connectivity index (χ0n) is 11.3. The van der Waals surface area contributed by atoms with Gasteiger partial charge in [0.15, 0.2) is 5.82 Å². The first-order chi connectivity index (χ1) is 9.04. The lowest BCUT2D eigenvalue weighted by atomic mass is 10.2. The number of rotatable bonds is 5. The largest absolute Gasteiger partial charge is 0.384 e. The van der Waals surface area contributed by atoms with Gasteiger partial charge in [-0.2, -0.15) is 4.98 Å². The Kier molecular flexibility index (Phi) is 3.94. The van der Waals surface area contributed by atoms with Crippen molar-refractivity contribution in [2.45, 2.75) is 33.1 Å². The van der Waals surface area contributed by atoms with E-state index in [-0.39, 0.29) is 5.92 Å². The van der Waals surface area contributed by atoms with Crippen LogP contribution < -0.4 is 11.1 Å². The zero-order valence-corrected chi connectivity index (χ0v) is 11.3. The molecule has 0 aliphatic carbocycles. The van der Waals surface area contributed by atoms with Gasteiger partial charge in [0.2, 0.25) is 5.89 Å². The number of anilines is 2. The van der Waals surface area contributed by atoms with Crippen LogP contribution >= 0.6 is 0 Å². The summed E-state index contributed by atoms with van der Waals surface area (Å²) in [6.45, 7) is 6.50. The molecule has 0 radical (unpaired) electrons. The predicted octanol–water partition coefficient (Wildman–Crippen LogP) is 1.53. The third-order valence-electron chi connectivity index (χ3n) is 2.49. The molecule has 0 spiro atoms. The van der Waals surface area contributed by atoms with E-state index in [9.17, 15) is 0 Å². The number of nitrogens with one attached hydrogen (secondary N) is 1. The van der Waals surface area contributed by atoms with Crippen molar-refractivity contribution in [3.8, 4) is 0 Å². The lowest BCUT2D eigenvalue weighted by Crippen LogP contribution is -2.10. The van der Waals surface area contributed by atoms with Crippen LogP contribution in [0.4, 0.5) is 11.6 Å². The topological polar surface area (TPSA) is 103 Å². The van der Waals surface area contributed by atoms with E-state index in [1.54, 1.807) is 13.0 Å². The summed E-state index contributed by atoms with van der Waals surface area (Å²) in [5.74, 6) is 3.40. The lowest BCUT2D eigenvalue weighted by molar-refractivity contribution is 0.377. The van der Waals surface area contributed by atoms with Gasteiger partial charge in [-0.25, -0.2) is 9.97 Å². The van der Waals surface area contributed by atoms with E-state index in [2.05, 4.69) is 25.4 Å². The number of nitrogens with zero attached hydrogens (tertiary/aromatic N) is 4. The van der Waals surface area contributed by atoms with Gasteiger partial charge in [-0.1, -0.05) is 19.0 Å². The van der Waals surface area contributed by atoms with Crippen molar-refractivity contribution < 1.29 is 4.52 Å². The minimum Gasteiger partial charge on any atom is -0.384 e. The normalized spacial score (nSPS) is 10.9. The van der Waals surface area contributed by atoms with E-state index < -0.39 is 0 Å². The van der Waals surface area contributed by atoms with Gasteiger partial charge in [-0.3, -0.25) is 0 Å². The molecule has 0 saturated carbocycles. The van der Waals surface area contributed by atoms with E-state index >= 15 is 0 Å². The highest BCUT2D eigenvalue weighted by Crippen LogP contribution is 2.14. The van der Waals surface area contributed by atoms with Crippen LogP contribution in [-0.2, 0) is 6.42 Å². The predicted molar refractivity (Wildman–Crippen MR) is 71.8 cm³/mol. The fraction of sp³-hybridized carbons (Fsp3) is 0.500. The van der Waals surface area contributed by atoms with Gasteiger partial charge >= 0.3 is 0 Å². The third-order valence-corrected chi connectivity index (χ3v) is 2.49. The number of nitrogen functional groups attached to an aromatic ring is 1. The average molecular weight is 262 g/mol. The quantitative estimate of drug-likeness (QED) is 0.842. The van der Waals surface area contributed by atoms with Gasteiger partial charge in [0.1, 0.15) is 17.5 Å². The number of nitrogens with two attached hydrogens (primary N) is 1. The minimum absolute atomic E-state index is 0.239. The molecule has 102 valence electrons. The standard InChI is InChI=1S/C12H18N6O/c1-7(2)12-16-9(13)6-10(17-12)14-5-4-11-15-8(3)18-19-11/h6-7H,4-5H2,1-3H3,(H3,13,14,16,17). The van der Waals surface area contributed by atoms with Gasteiger partial charge in [-0.15, -0.1) is 0 Å². The van der Waals surface area contributed by atoms with Crippen molar-refractivity contribution in [3.05, 3.63) is 23.6 Å². The van der Waals surface area contributed by atoms with Crippen LogP contribution in [0.3, 0.4) is 0 Å². The number of aryl methyl sites for hydroxylation is 1. The molecule has 0 unspecified atom stereocenters. The molecule has 2 heterocycles. The van der Waals surface area contributed by atoms with Gasteiger partial charge in [-0.05, 0) is 6.92 Å². The summed E-state index contributed by atoms with van der Waals surface area (Å²) in [6, 6.07) is 1.71. The Morgan fingerprint density at radius 1 is 1.32 bits per heavy atom. The fourth-order valence-corrected chi connectivity index (χ4v) is 1.57. The SMILES string of the molecule is Cc1noc(CCNc2cc(N)nc(C(C)C)n2)n1. The van der Waals surface area contributed by atoms with Crippen LogP contribution in [0.1, 0.15) is 37.3 Å².